The van der Waals surface area contributed by atoms with Crippen LogP contribution in [0.1, 0.15) is 40.7 Å². The van der Waals surface area contributed by atoms with Crippen molar-refractivity contribution in [1.29, 1.82) is 0 Å². The molecule has 2 heterocycles. The van der Waals surface area contributed by atoms with Gasteiger partial charge in [0.25, 0.3) is 0 Å². The number of hydrogen-bond acceptors (Lipinski definition) is 1. The molecule has 0 aromatic heterocycles. The average molecular weight is 403 g/mol. The Bertz CT molecular complexity index is 718. The Balaban J connectivity index is 1.80. The van der Waals surface area contributed by atoms with E-state index in [1.165, 1.54) is 47.9 Å². The third-order valence-corrected chi connectivity index (χ3v) is 6.31. The first-order chi connectivity index (χ1) is 10.7. The van der Waals surface area contributed by atoms with Crippen molar-refractivity contribution in [2.75, 3.05) is 18.0 Å². The van der Waals surface area contributed by atoms with Crippen LogP contribution in [-0.2, 0) is 19.3 Å². The molecule has 0 saturated carbocycles. The van der Waals surface area contributed by atoms with E-state index in [-0.39, 0.29) is 0 Å². The van der Waals surface area contributed by atoms with Crippen LogP contribution in [0.15, 0.2) is 30.3 Å². The summed E-state index contributed by atoms with van der Waals surface area (Å²) < 4.78 is 1.38. The fraction of sp³-hybridized carbons (Fsp3) is 0.400. The first-order valence-corrected chi connectivity index (χ1v) is 9.44. The molecule has 0 saturated heterocycles. The molecule has 22 heavy (non-hydrogen) atoms. The summed E-state index contributed by atoms with van der Waals surface area (Å²) in [6.07, 6.45) is 6.24. The number of benzene rings is 2. The van der Waals surface area contributed by atoms with Crippen LogP contribution in [0.4, 0.5) is 5.69 Å². The van der Waals surface area contributed by atoms with Gasteiger partial charge in [-0.05, 0) is 95.5 Å². The molecule has 0 unspecified atom stereocenters. The second-order valence-electron chi connectivity index (χ2n) is 6.61. The van der Waals surface area contributed by atoms with Gasteiger partial charge in [0.05, 0.1) is 0 Å². The van der Waals surface area contributed by atoms with Gasteiger partial charge in [0, 0.05) is 22.3 Å². The molecule has 0 amide bonds. The minimum atomic E-state index is 1.07. The van der Waals surface area contributed by atoms with Gasteiger partial charge < -0.3 is 4.90 Å². The van der Waals surface area contributed by atoms with E-state index in [1.807, 2.05) is 0 Å². The smallest absolute Gasteiger partial charge is 0.0434 e. The Morgan fingerprint density at radius 1 is 1.05 bits per heavy atom. The first-order valence-electron chi connectivity index (χ1n) is 8.36. The minimum absolute atomic E-state index is 1.07. The Morgan fingerprint density at radius 3 is 2.64 bits per heavy atom. The lowest BCUT2D eigenvalue weighted by molar-refractivity contribution is 0.631. The van der Waals surface area contributed by atoms with E-state index in [2.05, 4.69) is 64.7 Å². The van der Waals surface area contributed by atoms with E-state index in [9.17, 15) is 0 Å². The Labute approximate surface area is 146 Å². The van der Waals surface area contributed by atoms with Crippen LogP contribution in [0.3, 0.4) is 0 Å². The normalized spacial score (nSPS) is 16.5. The zero-order valence-electron chi connectivity index (χ0n) is 13.2. The van der Waals surface area contributed by atoms with Gasteiger partial charge >= 0.3 is 0 Å². The number of hydrogen-bond donors (Lipinski definition) is 0. The van der Waals surface area contributed by atoms with Crippen molar-refractivity contribution in [3.05, 3.63) is 61.7 Å². The number of halogens is 1. The van der Waals surface area contributed by atoms with Crippen LogP contribution in [-0.4, -0.2) is 13.1 Å². The first kappa shape index (κ1) is 14.6. The predicted octanol–water partition coefficient (Wildman–Crippen LogP) is 4.89. The van der Waals surface area contributed by atoms with E-state index in [0.29, 0.717) is 0 Å². The molecule has 1 nitrogen and oxygen atoms in total. The van der Waals surface area contributed by atoms with E-state index < -0.39 is 0 Å². The molecular formula is C20H22IN. The number of nitrogens with zero attached hydrogens (tertiary/aromatic N) is 1. The molecule has 2 heteroatoms. The van der Waals surface area contributed by atoms with Crippen molar-refractivity contribution in [3.8, 4) is 0 Å². The van der Waals surface area contributed by atoms with Gasteiger partial charge in [-0.2, -0.15) is 0 Å². The lowest BCUT2D eigenvalue weighted by atomic mass is 9.85. The predicted molar refractivity (Wildman–Crippen MR) is 102 cm³/mol. The summed E-state index contributed by atoms with van der Waals surface area (Å²) in [6.45, 7) is 4.86. The van der Waals surface area contributed by atoms with Crippen LogP contribution in [0.25, 0.3) is 0 Å². The van der Waals surface area contributed by atoms with Crippen molar-refractivity contribution in [2.45, 2.75) is 39.0 Å². The molecule has 2 aromatic carbocycles. The standard InChI is InChI=1S/C20H22IN/c1-14-17(12-15-6-2-3-9-19(15)21)13-16-7-4-10-22-11-5-8-18(14)20(16)22/h2-3,6,9,13H,4-5,7-8,10-12H2,1H3. The summed E-state index contributed by atoms with van der Waals surface area (Å²) in [6, 6.07) is 11.3. The van der Waals surface area contributed by atoms with Gasteiger partial charge in [-0.1, -0.05) is 24.3 Å². The fourth-order valence-electron chi connectivity index (χ4n) is 4.12. The molecular weight excluding hydrogens is 381 g/mol. The summed E-state index contributed by atoms with van der Waals surface area (Å²) in [7, 11) is 0. The molecule has 2 aliphatic heterocycles. The van der Waals surface area contributed by atoms with Crippen LogP contribution in [0.5, 0.6) is 0 Å². The van der Waals surface area contributed by atoms with Crippen molar-refractivity contribution in [3.63, 3.8) is 0 Å². The summed E-state index contributed by atoms with van der Waals surface area (Å²) in [4.78, 5) is 2.64. The third kappa shape index (κ3) is 2.45. The van der Waals surface area contributed by atoms with Crippen molar-refractivity contribution >= 4 is 28.3 Å². The molecule has 0 aliphatic carbocycles. The zero-order chi connectivity index (χ0) is 15.1. The zero-order valence-corrected chi connectivity index (χ0v) is 15.3. The van der Waals surface area contributed by atoms with Gasteiger partial charge in [0.2, 0.25) is 0 Å². The Kier molecular flexibility index (Phi) is 3.89. The molecule has 0 N–H and O–H groups in total. The number of rotatable bonds is 2. The van der Waals surface area contributed by atoms with Crippen LogP contribution in [0.2, 0.25) is 0 Å². The van der Waals surface area contributed by atoms with Gasteiger partial charge in [-0.3, -0.25) is 0 Å². The Hall–Kier alpha value is -1.03. The topological polar surface area (TPSA) is 3.24 Å². The van der Waals surface area contributed by atoms with Crippen LogP contribution < -0.4 is 4.90 Å². The molecule has 0 fully saturated rings. The summed E-state index contributed by atoms with van der Waals surface area (Å²) in [5, 5.41) is 0. The monoisotopic (exact) mass is 403 g/mol. The molecule has 2 aliphatic rings. The molecule has 2 aromatic rings. The van der Waals surface area contributed by atoms with E-state index in [0.717, 1.165) is 6.42 Å². The van der Waals surface area contributed by atoms with Crippen molar-refractivity contribution in [1.82, 2.24) is 0 Å². The van der Waals surface area contributed by atoms with Crippen molar-refractivity contribution < 1.29 is 0 Å². The maximum absolute atomic E-state index is 2.64. The summed E-state index contributed by atoms with van der Waals surface area (Å²) in [5.74, 6) is 0. The van der Waals surface area contributed by atoms with Crippen molar-refractivity contribution in [2.24, 2.45) is 0 Å². The third-order valence-electron chi connectivity index (χ3n) is 5.26. The quantitative estimate of drug-likeness (QED) is 0.646. The maximum atomic E-state index is 2.64. The highest BCUT2D eigenvalue weighted by atomic mass is 127. The highest BCUT2D eigenvalue weighted by Gasteiger charge is 2.26. The fourth-order valence-corrected chi connectivity index (χ4v) is 4.69. The van der Waals surface area contributed by atoms with E-state index in [1.54, 1.807) is 27.9 Å². The van der Waals surface area contributed by atoms with E-state index in [4.69, 9.17) is 0 Å². The van der Waals surface area contributed by atoms with Gasteiger partial charge in [-0.15, -0.1) is 0 Å². The lowest BCUT2D eigenvalue weighted by Crippen LogP contribution is -2.35. The molecule has 0 radical (unpaired) electrons. The van der Waals surface area contributed by atoms with E-state index >= 15 is 0 Å². The van der Waals surface area contributed by atoms with Gasteiger partial charge in [0.1, 0.15) is 0 Å². The second-order valence-corrected chi connectivity index (χ2v) is 7.77. The molecule has 4 rings (SSSR count). The molecule has 114 valence electrons. The molecule has 0 bridgehead atoms. The van der Waals surface area contributed by atoms with Crippen LogP contribution in [0, 0.1) is 10.5 Å². The average Bonchev–Trinajstić information content (AvgIpc) is 2.54. The summed E-state index contributed by atoms with van der Waals surface area (Å²) in [5.41, 5.74) is 9.40. The molecule has 0 spiro atoms. The van der Waals surface area contributed by atoms with Gasteiger partial charge in [-0.25, -0.2) is 0 Å². The minimum Gasteiger partial charge on any atom is -0.371 e. The highest BCUT2D eigenvalue weighted by molar-refractivity contribution is 14.1. The van der Waals surface area contributed by atoms with Crippen LogP contribution >= 0.6 is 22.6 Å². The molecule has 0 atom stereocenters. The van der Waals surface area contributed by atoms with Gasteiger partial charge in [0.15, 0.2) is 0 Å². The number of aryl methyl sites for hydroxylation is 1. The SMILES string of the molecule is Cc1c(Cc2ccccc2I)cc2c3c1CCCN3CCC2. The second kappa shape index (κ2) is 5.88. The maximum Gasteiger partial charge on any atom is 0.0434 e. The highest BCUT2D eigenvalue weighted by Crippen LogP contribution is 2.39. The lowest BCUT2D eigenvalue weighted by Gasteiger charge is -2.38. The summed E-state index contributed by atoms with van der Waals surface area (Å²) >= 11 is 2.47. The largest absolute Gasteiger partial charge is 0.371 e. The Morgan fingerprint density at radius 2 is 1.82 bits per heavy atom. The number of anilines is 1.